The molecular formula is C13H15NO3. The second kappa shape index (κ2) is 4.67. The number of nitro groups is 1. The second-order valence-electron chi connectivity index (χ2n) is 4.42. The molecule has 2 rings (SSSR count). The van der Waals surface area contributed by atoms with Crippen LogP contribution in [0.5, 0.6) is 0 Å². The minimum atomic E-state index is -0.375. The van der Waals surface area contributed by atoms with E-state index in [4.69, 9.17) is 4.74 Å². The van der Waals surface area contributed by atoms with Crippen molar-refractivity contribution in [3.8, 4) is 0 Å². The Bertz CT molecular complexity index is 479. The Morgan fingerprint density at radius 3 is 2.76 bits per heavy atom. The van der Waals surface area contributed by atoms with Crippen molar-refractivity contribution in [3.63, 3.8) is 0 Å². The normalized spacial score (nSPS) is 20.5. The smallest absolute Gasteiger partial charge is 0.269 e. The summed E-state index contributed by atoms with van der Waals surface area (Å²) in [5, 5.41) is 10.7. The molecule has 0 radical (unpaired) electrons. The van der Waals surface area contributed by atoms with Crippen LogP contribution in [0.3, 0.4) is 0 Å². The SMILES string of the molecule is CC1=C(C)CC(c2cccc([N+](=O)[O-])c2)OC1. The van der Waals surface area contributed by atoms with Crippen LogP contribution in [0, 0.1) is 10.1 Å². The summed E-state index contributed by atoms with van der Waals surface area (Å²) < 4.78 is 5.70. The second-order valence-corrected chi connectivity index (χ2v) is 4.42. The standard InChI is InChI=1S/C13H15NO3/c1-9-6-13(17-8-10(9)2)11-4-3-5-12(7-11)14(15)16/h3-5,7,13H,6,8H2,1-2H3. The lowest BCUT2D eigenvalue weighted by atomic mass is 9.96. The van der Waals surface area contributed by atoms with Crippen LogP contribution in [0.2, 0.25) is 0 Å². The van der Waals surface area contributed by atoms with Gasteiger partial charge in [0.05, 0.1) is 17.6 Å². The summed E-state index contributed by atoms with van der Waals surface area (Å²) in [7, 11) is 0. The topological polar surface area (TPSA) is 52.4 Å². The Kier molecular flexibility index (Phi) is 3.24. The number of ether oxygens (including phenoxy) is 1. The van der Waals surface area contributed by atoms with E-state index in [1.807, 2.05) is 6.07 Å². The summed E-state index contributed by atoms with van der Waals surface area (Å²) in [4.78, 5) is 10.3. The van der Waals surface area contributed by atoms with E-state index in [0.29, 0.717) is 6.61 Å². The summed E-state index contributed by atoms with van der Waals surface area (Å²) >= 11 is 0. The van der Waals surface area contributed by atoms with Crippen LogP contribution in [0.25, 0.3) is 0 Å². The molecule has 1 aromatic rings. The maximum Gasteiger partial charge on any atom is 0.269 e. The van der Waals surface area contributed by atoms with Crippen molar-refractivity contribution in [2.45, 2.75) is 26.4 Å². The Labute approximate surface area is 100 Å². The maximum atomic E-state index is 10.7. The molecule has 0 spiro atoms. The van der Waals surface area contributed by atoms with Gasteiger partial charge in [-0.25, -0.2) is 0 Å². The zero-order valence-electron chi connectivity index (χ0n) is 9.97. The third-order valence-electron chi connectivity index (χ3n) is 3.17. The molecular weight excluding hydrogens is 218 g/mol. The van der Waals surface area contributed by atoms with Gasteiger partial charge < -0.3 is 4.74 Å². The lowest BCUT2D eigenvalue weighted by Crippen LogP contribution is -2.13. The van der Waals surface area contributed by atoms with E-state index < -0.39 is 0 Å². The molecule has 1 aliphatic rings. The van der Waals surface area contributed by atoms with E-state index in [-0.39, 0.29) is 16.7 Å². The van der Waals surface area contributed by atoms with Gasteiger partial charge in [-0.05, 0) is 31.4 Å². The minimum absolute atomic E-state index is 0.0569. The zero-order chi connectivity index (χ0) is 12.4. The monoisotopic (exact) mass is 233 g/mol. The molecule has 1 atom stereocenters. The van der Waals surface area contributed by atoms with E-state index in [0.717, 1.165) is 12.0 Å². The fourth-order valence-electron chi connectivity index (χ4n) is 1.91. The highest BCUT2D eigenvalue weighted by atomic mass is 16.6. The number of nitro benzene ring substituents is 1. The lowest BCUT2D eigenvalue weighted by molar-refractivity contribution is -0.385. The molecule has 0 N–H and O–H groups in total. The molecule has 17 heavy (non-hydrogen) atoms. The molecule has 0 fully saturated rings. The lowest BCUT2D eigenvalue weighted by Gasteiger charge is -2.25. The first-order valence-corrected chi connectivity index (χ1v) is 5.59. The highest BCUT2D eigenvalue weighted by molar-refractivity contribution is 5.36. The van der Waals surface area contributed by atoms with Gasteiger partial charge in [-0.2, -0.15) is 0 Å². The number of hydrogen-bond acceptors (Lipinski definition) is 3. The Morgan fingerprint density at radius 2 is 2.12 bits per heavy atom. The van der Waals surface area contributed by atoms with Gasteiger partial charge in [0.1, 0.15) is 0 Å². The van der Waals surface area contributed by atoms with Crippen molar-refractivity contribution in [1.82, 2.24) is 0 Å². The van der Waals surface area contributed by atoms with Crippen molar-refractivity contribution >= 4 is 5.69 Å². The summed E-state index contributed by atoms with van der Waals surface area (Å²) in [6.45, 7) is 4.75. The van der Waals surface area contributed by atoms with Gasteiger partial charge in [0.2, 0.25) is 0 Å². The largest absolute Gasteiger partial charge is 0.369 e. The highest BCUT2D eigenvalue weighted by Crippen LogP contribution is 2.32. The van der Waals surface area contributed by atoms with Crippen molar-refractivity contribution in [2.75, 3.05) is 6.61 Å². The van der Waals surface area contributed by atoms with Gasteiger partial charge >= 0.3 is 0 Å². The predicted octanol–water partition coefficient (Wildman–Crippen LogP) is 3.39. The van der Waals surface area contributed by atoms with E-state index in [2.05, 4.69) is 13.8 Å². The molecule has 0 bridgehead atoms. The van der Waals surface area contributed by atoms with E-state index >= 15 is 0 Å². The summed E-state index contributed by atoms with van der Waals surface area (Å²) in [5.74, 6) is 0. The molecule has 0 saturated heterocycles. The number of nitrogens with zero attached hydrogens (tertiary/aromatic N) is 1. The molecule has 1 aromatic carbocycles. The van der Waals surface area contributed by atoms with Crippen molar-refractivity contribution in [3.05, 3.63) is 51.1 Å². The van der Waals surface area contributed by atoms with Crippen LogP contribution >= 0.6 is 0 Å². The Hall–Kier alpha value is -1.68. The molecule has 0 amide bonds. The fourth-order valence-corrected chi connectivity index (χ4v) is 1.91. The van der Waals surface area contributed by atoms with Gasteiger partial charge in [-0.15, -0.1) is 0 Å². The first-order chi connectivity index (χ1) is 8.08. The third-order valence-corrected chi connectivity index (χ3v) is 3.17. The van der Waals surface area contributed by atoms with Gasteiger partial charge in [0.25, 0.3) is 5.69 Å². The molecule has 1 aliphatic heterocycles. The molecule has 1 heterocycles. The first-order valence-electron chi connectivity index (χ1n) is 5.59. The predicted molar refractivity (Wildman–Crippen MR) is 64.8 cm³/mol. The van der Waals surface area contributed by atoms with Gasteiger partial charge in [0, 0.05) is 12.1 Å². The van der Waals surface area contributed by atoms with Crippen LogP contribution in [0.15, 0.2) is 35.4 Å². The zero-order valence-corrected chi connectivity index (χ0v) is 9.97. The van der Waals surface area contributed by atoms with Crippen LogP contribution in [0.4, 0.5) is 5.69 Å². The van der Waals surface area contributed by atoms with Crippen molar-refractivity contribution < 1.29 is 9.66 Å². The third kappa shape index (κ3) is 2.53. The Balaban J connectivity index is 2.24. The number of rotatable bonds is 2. The van der Waals surface area contributed by atoms with Crippen LogP contribution in [0.1, 0.15) is 31.9 Å². The summed E-state index contributed by atoms with van der Waals surface area (Å²) in [5.41, 5.74) is 3.57. The average Bonchev–Trinajstić information content (AvgIpc) is 2.33. The van der Waals surface area contributed by atoms with Gasteiger partial charge in [0.15, 0.2) is 0 Å². The maximum absolute atomic E-state index is 10.7. The van der Waals surface area contributed by atoms with Crippen LogP contribution in [-0.2, 0) is 4.74 Å². The Morgan fingerprint density at radius 1 is 1.35 bits per heavy atom. The molecule has 0 aromatic heterocycles. The molecule has 0 saturated carbocycles. The van der Waals surface area contributed by atoms with Crippen molar-refractivity contribution in [1.29, 1.82) is 0 Å². The summed E-state index contributed by atoms with van der Waals surface area (Å²) in [6.07, 6.45) is 0.756. The van der Waals surface area contributed by atoms with Crippen LogP contribution in [-0.4, -0.2) is 11.5 Å². The highest BCUT2D eigenvalue weighted by Gasteiger charge is 2.20. The van der Waals surface area contributed by atoms with E-state index in [1.165, 1.54) is 17.2 Å². The number of benzene rings is 1. The van der Waals surface area contributed by atoms with Crippen LogP contribution < -0.4 is 0 Å². The van der Waals surface area contributed by atoms with Crippen molar-refractivity contribution in [2.24, 2.45) is 0 Å². The summed E-state index contributed by atoms with van der Waals surface area (Å²) in [6, 6.07) is 6.68. The molecule has 0 aliphatic carbocycles. The van der Waals surface area contributed by atoms with Gasteiger partial charge in [-0.1, -0.05) is 17.7 Å². The molecule has 4 nitrogen and oxygen atoms in total. The van der Waals surface area contributed by atoms with Gasteiger partial charge in [-0.3, -0.25) is 10.1 Å². The molecule has 1 unspecified atom stereocenters. The minimum Gasteiger partial charge on any atom is -0.369 e. The fraction of sp³-hybridized carbons (Fsp3) is 0.385. The number of non-ortho nitro benzene ring substituents is 1. The first kappa shape index (κ1) is 11.8. The van der Waals surface area contributed by atoms with E-state index in [9.17, 15) is 10.1 Å². The quantitative estimate of drug-likeness (QED) is 0.447. The molecule has 90 valence electrons. The van der Waals surface area contributed by atoms with E-state index in [1.54, 1.807) is 12.1 Å². The average molecular weight is 233 g/mol. The number of hydrogen-bond donors (Lipinski definition) is 0. The molecule has 4 heteroatoms.